The molecule has 2 aromatic carbocycles. The Labute approximate surface area is 131 Å². The van der Waals surface area contributed by atoms with Gasteiger partial charge in [0, 0.05) is 18.3 Å². The number of hydrogen-bond acceptors (Lipinski definition) is 2. The molecule has 0 N–H and O–H groups in total. The van der Waals surface area contributed by atoms with Crippen LogP contribution in [-0.4, -0.2) is 19.1 Å². The van der Waals surface area contributed by atoms with E-state index in [1.165, 1.54) is 0 Å². The van der Waals surface area contributed by atoms with E-state index in [-0.39, 0.29) is 5.91 Å². The van der Waals surface area contributed by atoms with Crippen LogP contribution < -0.4 is 9.64 Å². The number of amides is 1. The fraction of sp³-hybridized carbons (Fsp3) is 0.211. The summed E-state index contributed by atoms with van der Waals surface area (Å²) >= 11 is 0. The second-order valence-corrected chi connectivity index (χ2v) is 4.75. The molecule has 0 saturated carbocycles. The molecule has 2 aromatic rings. The summed E-state index contributed by atoms with van der Waals surface area (Å²) in [5.74, 6) is 0.813. The van der Waals surface area contributed by atoms with E-state index in [1.54, 1.807) is 11.0 Å². The van der Waals surface area contributed by atoms with Crippen LogP contribution in [0.5, 0.6) is 5.75 Å². The van der Waals surface area contributed by atoms with Crippen LogP contribution in [0.2, 0.25) is 0 Å². The standard InChI is InChI=1S/C19H21NO2/c1-3-20(17-8-6-5-7-9-17)19(21)15-12-16-10-13-18(14-11-16)22-4-2/h5-15H,3-4H2,1-2H3/b15-12+. The molecule has 1 amide bonds. The minimum absolute atomic E-state index is 0.0254. The van der Waals surface area contributed by atoms with Crippen LogP contribution in [0.3, 0.4) is 0 Å². The third-order valence-corrected chi connectivity index (χ3v) is 3.26. The van der Waals surface area contributed by atoms with Crippen molar-refractivity contribution >= 4 is 17.7 Å². The number of anilines is 1. The smallest absolute Gasteiger partial charge is 0.250 e. The van der Waals surface area contributed by atoms with Gasteiger partial charge in [-0.05, 0) is 49.8 Å². The van der Waals surface area contributed by atoms with Gasteiger partial charge in [0.2, 0.25) is 0 Å². The number of nitrogens with zero attached hydrogens (tertiary/aromatic N) is 1. The molecular weight excluding hydrogens is 274 g/mol. The summed E-state index contributed by atoms with van der Waals surface area (Å²) in [6.07, 6.45) is 3.43. The van der Waals surface area contributed by atoms with Crippen LogP contribution in [-0.2, 0) is 4.79 Å². The van der Waals surface area contributed by atoms with E-state index >= 15 is 0 Å². The van der Waals surface area contributed by atoms with Crippen LogP contribution in [0.4, 0.5) is 5.69 Å². The van der Waals surface area contributed by atoms with Gasteiger partial charge in [0.1, 0.15) is 5.75 Å². The summed E-state index contributed by atoms with van der Waals surface area (Å²) < 4.78 is 5.40. The highest BCUT2D eigenvalue weighted by atomic mass is 16.5. The van der Waals surface area contributed by atoms with E-state index in [9.17, 15) is 4.79 Å². The molecule has 0 radical (unpaired) electrons. The van der Waals surface area contributed by atoms with Crippen molar-refractivity contribution in [2.24, 2.45) is 0 Å². The van der Waals surface area contributed by atoms with Crippen LogP contribution in [0.15, 0.2) is 60.7 Å². The highest BCUT2D eigenvalue weighted by Gasteiger charge is 2.09. The number of ether oxygens (including phenoxy) is 1. The van der Waals surface area contributed by atoms with Gasteiger partial charge in [-0.3, -0.25) is 4.79 Å². The highest BCUT2D eigenvalue weighted by molar-refractivity contribution is 6.03. The molecule has 0 unspecified atom stereocenters. The Morgan fingerprint density at radius 2 is 1.73 bits per heavy atom. The van der Waals surface area contributed by atoms with E-state index in [4.69, 9.17) is 4.74 Å². The molecule has 0 aromatic heterocycles. The zero-order valence-electron chi connectivity index (χ0n) is 13.0. The zero-order chi connectivity index (χ0) is 15.8. The summed E-state index contributed by atoms with van der Waals surface area (Å²) in [6, 6.07) is 17.4. The molecule has 0 aliphatic heterocycles. The van der Waals surface area contributed by atoms with Crippen molar-refractivity contribution in [3.63, 3.8) is 0 Å². The predicted octanol–water partition coefficient (Wildman–Crippen LogP) is 4.15. The first-order valence-corrected chi connectivity index (χ1v) is 7.52. The van der Waals surface area contributed by atoms with Crippen molar-refractivity contribution in [2.75, 3.05) is 18.1 Å². The first-order chi connectivity index (χ1) is 10.7. The zero-order valence-corrected chi connectivity index (χ0v) is 13.0. The van der Waals surface area contributed by atoms with Gasteiger partial charge in [0.05, 0.1) is 6.61 Å². The molecule has 0 heterocycles. The molecule has 0 bridgehead atoms. The maximum absolute atomic E-state index is 12.3. The lowest BCUT2D eigenvalue weighted by molar-refractivity contribution is -0.114. The van der Waals surface area contributed by atoms with E-state index in [0.717, 1.165) is 17.0 Å². The van der Waals surface area contributed by atoms with Gasteiger partial charge in [-0.25, -0.2) is 0 Å². The van der Waals surface area contributed by atoms with Gasteiger partial charge >= 0.3 is 0 Å². The van der Waals surface area contributed by atoms with Gasteiger partial charge in [-0.1, -0.05) is 30.3 Å². The van der Waals surface area contributed by atoms with Crippen molar-refractivity contribution in [1.29, 1.82) is 0 Å². The number of benzene rings is 2. The lowest BCUT2D eigenvalue weighted by Gasteiger charge is -2.19. The Kier molecular flexibility index (Phi) is 5.78. The van der Waals surface area contributed by atoms with Gasteiger partial charge in [0.25, 0.3) is 5.91 Å². The summed E-state index contributed by atoms with van der Waals surface area (Å²) in [5, 5.41) is 0. The first-order valence-electron chi connectivity index (χ1n) is 7.52. The molecule has 0 spiro atoms. The van der Waals surface area contributed by atoms with Crippen molar-refractivity contribution in [3.05, 3.63) is 66.2 Å². The molecule has 3 nitrogen and oxygen atoms in total. The largest absolute Gasteiger partial charge is 0.494 e. The number of likely N-dealkylation sites (N-methyl/N-ethyl adjacent to an activating group) is 1. The molecule has 3 heteroatoms. The SMILES string of the molecule is CCOc1ccc(/C=C/C(=O)N(CC)c2ccccc2)cc1. The molecule has 0 aliphatic rings. The lowest BCUT2D eigenvalue weighted by Crippen LogP contribution is -2.28. The molecule has 0 saturated heterocycles. The van der Waals surface area contributed by atoms with Crippen LogP contribution in [0.1, 0.15) is 19.4 Å². The van der Waals surface area contributed by atoms with Crippen LogP contribution >= 0.6 is 0 Å². The van der Waals surface area contributed by atoms with Gasteiger partial charge in [-0.2, -0.15) is 0 Å². The molecule has 22 heavy (non-hydrogen) atoms. The fourth-order valence-electron chi connectivity index (χ4n) is 2.17. The molecule has 0 fully saturated rings. The maximum Gasteiger partial charge on any atom is 0.250 e. The topological polar surface area (TPSA) is 29.5 Å². The average Bonchev–Trinajstić information content (AvgIpc) is 2.56. The third kappa shape index (κ3) is 4.22. The lowest BCUT2D eigenvalue weighted by atomic mass is 10.2. The summed E-state index contributed by atoms with van der Waals surface area (Å²) in [5.41, 5.74) is 1.88. The van der Waals surface area contributed by atoms with E-state index in [0.29, 0.717) is 13.2 Å². The Hall–Kier alpha value is -2.55. The summed E-state index contributed by atoms with van der Waals surface area (Å²) in [7, 11) is 0. The van der Waals surface area contributed by atoms with E-state index < -0.39 is 0 Å². The van der Waals surface area contributed by atoms with Crippen LogP contribution in [0, 0.1) is 0 Å². The average molecular weight is 295 g/mol. The number of carbonyl (C=O) groups excluding carboxylic acids is 1. The number of rotatable bonds is 6. The molecule has 2 rings (SSSR count). The van der Waals surface area contributed by atoms with Crippen molar-refractivity contribution < 1.29 is 9.53 Å². The molecule has 0 atom stereocenters. The molecular formula is C19H21NO2. The maximum atomic E-state index is 12.3. The third-order valence-electron chi connectivity index (χ3n) is 3.26. The van der Waals surface area contributed by atoms with Gasteiger partial charge < -0.3 is 9.64 Å². The Morgan fingerprint density at radius 3 is 2.32 bits per heavy atom. The van der Waals surface area contributed by atoms with Crippen molar-refractivity contribution in [3.8, 4) is 5.75 Å². The number of carbonyl (C=O) groups is 1. The quantitative estimate of drug-likeness (QED) is 0.749. The Bertz CT molecular complexity index is 618. The van der Waals surface area contributed by atoms with E-state index in [2.05, 4.69) is 0 Å². The van der Waals surface area contributed by atoms with Gasteiger partial charge in [0.15, 0.2) is 0 Å². The number of para-hydroxylation sites is 1. The van der Waals surface area contributed by atoms with Gasteiger partial charge in [-0.15, -0.1) is 0 Å². The highest BCUT2D eigenvalue weighted by Crippen LogP contribution is 2.15. The fourth-order valence-corrected chi connectivity index (χ4v) is 2.17. The minimum atomic E-state index is -0.0254. The second kappa shape index (κ2) is 8.03. The molecule has 114 valence electrons. The Morgan fingerprint density at radius 1 is 1.05 bits per heavy atom. The first kappa shape index (κ1) is 15.8. The second-order valence-electron chi connectivity index (χ2n) is 4.75. The normalized spacial score (nSPS) is 10.6. The summed E-state index contributed by atoms with van der Waals surface area (Å²) in [6.45, 7) is 5.21. The Balaban J connectivity index is 2.06. The van der Waals surface area contributed by atoms with Crippen molar-refractivity contribution in [1.82, 2.24) is 0 Å². The predicted molar refractivity (Wildman–Crippen MR) is 91.1 cm³/mol. The number of hydrogen-bond donors (Lipinski definition) is 0. The van der Waals surface area contributed by atoms with Crippen LogP contribution in [0.25, 0.3) is 6.08 Å². The molecule has 0 aliphatic carbocycles. The van der Waals surface area contributed by atoms with Crippen molar-refractivity contribution in [2.45, 2.75) is 13.8 Å². The minimum Gasteiger partial charge on any atom is -0.494 e. The monoisotopic (exact) mass is 295 g/mol. The van der Waals surface area contributed by atoms with E-state index in [1.807, 2.05) is 74.5 Å². The summed E-state index contributed by atoms with van der Waals surface area (Å²) in [4.78, 5) is 14.1.